The van der Waals surface area contributed by atoms with Crippen LogP contribution in [0.15, 0.2) is 27.7 Å². The highest BCUT2D eigenvalue weighted by Crippen LogP contribution is 2.36. The van der Waals surface area contributed by atoms with Gasteiger partial charge in [-0.2, -0.15) is 0 Å². The molecule has 20 heteroatoms. The van der Waals surface area contributed by atoms with E-state index < -0.39 is 0 Å². The van der Waals surface area contributed by atoms with E-state index in [4.69, 9.17) is 15.5 Å². The largest absolute Gasteiger partial charge is 0.462 e. The Morgan fingerprint density at radius 1 is 0.857 bits per heavy atom. The summed E-state index contributed by atoms with van der Waals surface area (Å²) < 4.78 is 6.69. The van der Waals surface area contributed by atoms with Gasteiger partial charge in [0.15, 0.2) is 0 Å². The van der Waals surface area contributed by atoms with Crippen LogP contribution < -0.4 is 16.6 Å². The summed E-state index contributed by atoms with van der Waals surface area (Å²) in [6, 6.07) is 3.59. The lowest BCUT2D eigenvalue weighted by Crippen LogP contribution is -2.31. The molecule has 298 valence electrons. The number of carbonyl (C=O) groups is 4. The van der Waals surface area contributed by atoms with E-state index in [-0.39, 0.29) is 35.8 Å². The zero-order valence-electron chi connectivity index (χ0n) is 31.3. The van der Waals surface area contributed by atoms with Crippen molar-refractivity contribution in [1.29, 1.82) is 0 Å². The first kappa shape index (κ1) is 42.6. The van der Waals surface area contributed by atoms with Crippen molar-refractivity contribution >= 4 is 127 Å². The highest BCUT2D eigenvalue weighted by molar-refractivity contribution is 15.0. The highest BCUT2D eigenvalue weighted by atomic mass is 128. The molecule has 4 aliphatic heterocycles. The molecule has 0 aliphatic carbocycles. The Hall–Kier alpha value is -3.00. The zero-order valence-corrected chi connectivity index (χ0v) is 38.9. The molecule has 9 rings (SSSR count). The van der Waals surface area contributed by atoms with Crippen LogP contribution in [-0.2, 0) is 42.0 Å². The monoisotopic (exact) mass is 1060 g/mol. The number of nitrogens with two attached hydrogens (primary N) is 1. The van der Waals surface area contributed by atoms with Crippen LogP contribution in [0, 0.1) is 0 Å². The van der Waals surface area contributed by atoms with Gasteiger partial charge in [-0.25, -0.2) is 9.78 Å². The highest BCUT2D eigenvalue weighted by Gasteiger charge is 2.31. The number of fused-ring (bicyclic) bond motifs is 8. The molecule has 14 nitrogen and oxygen atoms in total. The van der Waals surface area contributed by atoms with Gasteiger partial charge in [0.25, 0.3) is 17.4 Å². The number of likely N-dealkylation sites (N-methyl/N-ethyl adjacent to an activating group) is 3. The van der Waals surface area contributed by atoms with Crippen LogP contribution in [0.3, 0.4) is 0 Å². The minimum Gasteiger partial charge on any atom is -0.462 e. The molecule has 0 bridgehead atoms. The van der Waals surface area contributed by atoms with E-state index in [0.29, 0.717) is 50.7 Å². The maximum absolute atomic E-state index is 13.4. The number of hydrogen-bond acceptors (Lipinski definition) is 14. The number of esters is 1. The van der Waals surface area contributed by atoms with Gasteiger partial charge in [0.05, 0.1) is 42.0 Å². The molecule has 56 heavy (non-hydrogen) atoms. The van der Waals surface area contributed by atoms with Crippen molar-refractivity contribution in [3.63, 3.8) is 0 Å². The fourth-order valence-corrected chi connectivity index (χ4v) is 11.1. The summed E-state index contributed by atoms with van der Waals surface area (Å²) in [5, 5.41) is 7.66. The Kier molecular flexibility index (Phi) is 13.9. The van der Waals surface area contributed by atoms with E-state index in [1.807, 2.05) is 11.4 Å². The maximum atomic E-state index is 13.4. The molecule has 0 radical (unpaired) electrons. The predicted octanol–water partition coefficient (Wildman–Crippen LogP) is 6.12. The van der Waals surface area contributed by atoms with Crippen molar-refractivity contribution < 1.29 is 23.9 Å². The van der Waals surface area contributed by atoms with Crippen molar-refractivity contribution in [3.8, 4) is 5.69 Å². The third-order valence-electron chi connectivity index (χ3n) is 9.56. The van der Waals surface area contributed by atoms with E-state index in [9.17, 15) is 24.0 Å². The number of amides is 3. The second-order valence-corrected chi connectivity index (χ2v) is 17.5. The predicted molar refractivity (Wildman–Crippen MR) is 242 cm³/mol. The Balaban J connectivity index is 0.000000149. The molecule has 0 spiro atoms. The zero-order chi connectivity index (χ0) is 40.4. The van der Waals surface area contributed by atoms with Gasteiger partial charge in [-0.05, 0) is 67.9 Å². The molecule has 0 saturated heterocycles. The summed E-state index contributed by atoms with van der Waals surface area (Å²) in [6.07, 6.45) is 1.76. The van der Waals surface area contributed by atoms with E-state index in [2.05, 4.69) is 66.4 Å². The smallest absolute Gasteiger partial charge is 0.341 e. The van der Waals surface area contributed by atoms with Crippen LogP contribution in [0.2, 0.25) is 0 Å². The topological polar surface area (TPSA) is 163 Å². The van der Waals surface area contributed by atoms with Gasteiger partial charge in [0, 0.05) is 87.3 Å². The normalized spacial score (nSPS) is 16.2. The SMILES string of the molecule is CCOC(=O)c1c(N)sc2c1CCN(C)C2.CN1CC(=O)Nc2ccsc2C1=O.CN1CCc2c(sc3nc4n(c(=O)c23)-c2ccsc2C(=O)N(C)C4)C1.II. The molecule has 4 aliphatic rings. The first-order valence-corrected chi connectivity index (χ1v) is 27.1. The molecule has 9 heterocycles. The molecular formula is C36H40I2N8O6S4. The molecule has 0 atom stereocenters. The van der Waals surface area contributed by atoms with Crippen LogP contribution in [-0.4, -0.2) is 107 Å². The van der Waals surface area contributed by atoms with E-state index in [0.717, 1.165) is 60.4 Å². The Morgan fingerprint density at radius 2 is 1.46 bits per heavy atom. The number of nitrogen functional groups attached to an aromatic ring is 1. The maximum Gasteiger partial charge on any atom is 0.341 e. The number of hydrogen-bond donors (Lipinski definition) is 2. The molecule has 0 unspecified atom stereocenters. The van der Waals surface area contributed by atoms with Gasteiger partial charge in [-0.3, -0.25) is 23.7 Å². The lowest BCUT2D eigenvalue weighted by atomic mass is 10.0. The third kappa shape index (κ3) is 8.57. The molecule has 0 fully saturated rings. The van der Waals surface area contributed by atoms with Gasteiger partial charge in [0.2, 0.25) is 5.91 Å². The number of ether oxygens (including phenoxy) is 1. The molecule has 0 aromatic carbocycles. The molecular weight excluding hydrogens is 1020 g/mol. The average molecular weight is 1060 g/mol. The van der Waals surface area contributed by atoms with Crippen LogP contribution in [0.5, 0.6) is 0 Å². The number of anilines is 2. The van der Waals surface area contributed by atoms with E-state index in [1.54, 1.807) is 53.3 Å². The number of halogens is 2. The number of nitrogens with zero attached hydrogens (tertiary/aromatic N) is 6. The summed E-state index contributed by atoms with van der Waals surface area (Å²) in [5.74, 6) is 0.0674. The first-order valence-electron chi connectivity index (χ1n) is 17.5. The molecule has 3 amide bonds. The lowest BCUT2D eigenvalue weighted by Gasteiger charge is -2.22. The molecule has 5 aromatic heterocycles. The number of nitrogens with one attached hydrogen (secondary N) is 1. The van der Waals surface area contributed by atoms with Crippen molar-refractivity contribution in [2.24, 2.45) is 0 Å². The van der Waals surface area contributed by atoms with Gasteiger partial charge in [0.1, 0.15) is 25.4 Å². The van der Waals surface area contributed by atoms with Gasteiger partial charge in [-0.1, -0.05) is 0 Å². The number of carbonyl (C=O) groups excluding carboxylic acids is 4. The molecule has 5 aromatic rings. The fourth-order valence-electron chi connectivity index (χ4n) is 6.87. The van der Waals surface area contributed by atoms with Crippen LogP contribution in [0.4, 0.5) is 10.7 Å². The van der Waals surface area contributed by atoms with Crippen molar-refractivity contribution in [3.05, 3.63) is 75.3 Å². The summed E-state index contributed by atoms with van der Waals surface area (Å²) in [5.41, 5.74) is 10.0. The second-order valence-electron chi connectivity index (χ2n) is 13.5. The summed E-state index contributed by atoms with van der Waals surface area (Å²) in [4.78, 5) is 77.3. The van der Waals surface area contributed by atoms with Gasteiger partial charge in [-0.15, -0.1) is 45.3 Å². The molecule has 0 saturated carbocycles. The van der Waals surface area contributed by atoms with E-state index in [1.165, 1.54) is 48.7 Å². The summed E-state index contributed by atoms with van der Waals surface area (Å²) in [6.45, 7) is 6.33. The number of aromatic nitrogens is 2. The third-order valence-corrected chi connectivity index (χ3v) is 13.5. The second kappa shape index (κ2) is 18.3. The van der Waals surface area contributed by atoms with Crippen molar-refractivity contribution in [2.45, 2.75) is 39.4 Å². The Labute approximate surface area is 362 Å². The quantitative estimate of drug-likeness (QED) is 0.156. The van der Waals surface area contributed by atoms with Crippen LogP contribution >= 0.6 is 82.6 Å². The van der Waals surface area contributed by atoms with Crippen molar-refractivity contribution in [1.82, 2.24) is 29.2 Å². The number of rotatable bonds is 2. The lowest BCUT2D eigenvalue weighted by molar-refractivity contribution is -0.116. The molecule has 3 N–H and O–H groups in total. The summed E-state index contributed by atoms with van der Waals surface area (Å²) in [7, 11) is 7.55. The van der Waals surface area contributed by atoms with Crippen LogP contribution in [0.25, 0.3) is 15.9 Å². The van der Waals surface area contributed by atoms with E-state index >= 15 is 0 Å². The Bertz CT molecular complexity index is 2370. The fraction of sp³-hybridized carbons (Fsp3) is 0.389. The van der Waals surface area contributed by atoms with Gasteiger partial charge >= 0.3 is 5.97 Å². The Morgan fingerprint density at radius 3 is 2.16 bits per heavy atom. The first-order chi connectivity index (χ1) is 26.9. The number of thiophene rings is 4. The minimum absolute atomic E-state index is 0.0372. The summed E-state index contributed by atoms with van der Waals surface area (Å²) >= 11 is 10.1. The van der Waals surface area contributed by atoms with Gasteiger partial charge < -0.3 is 35.4 Å². The average Bonchev–Trinajstić information content (AvgIpc) is 3.95. The standard InChI is InChI=1S/C17H16N4O2S2.C11H16N2O2S.C8H8N2O2S.I2/c1-19-5-3-9-11(7-19)25-15-13(9)16(22)21-10-4-6-24-14(10)17(23)20(2)8-12(21)18-15;1-3-15-11(14)9-7-4-5-13(2)6-8(7)16-10(9)12;1-10-4-6(11)9-5-2-3-13-7(5)8(10)12;1-2/h4,6H,3,5,7-8H2,1-2H3;3-6,12H2,1-2H3;2-3H,4H2,1H3,(H,9,11);. The van der Waals surface area contributed by atoms with Crippen molar-refractivity contribution in [2.75, 3.05) is 65.5 Å². The minimum atomic E-state index is -0.276. The van der Waals surface area contributed by atoms with Crippen LogP contribution in [0.1, 0.15) is 63.3 Å².